The van der Waals surface area contributed by atoms with Gasteiger partial charge in [0.25, 0.3) is 6.71 Å². The van der Waals surface area contributed by atoms with Crippen LogP contribution in [-0.2, 0) is 5.41 Å². The average Bonchev–Trinajstić information content (AvgIpc) is 3.83. The van der Waals surface area contributed by atoms with Crippen LogP contribution < -0.4 is 31.1 Å². The van der Waals surface area contributed by atoms with Gasteiger partial charge in [0.1, 0.15) is 11.2 Å². The first kappa shape index (κ1) is 38.0. The molecular formula is C59H46BN3O. The van der Waals surface area contributed by atoms with Crippen molar-refractivity contribution in [3.05, 3.63) is 217 Å². The van der Waals surface area contributed by atoms with Gasteiger partial charge in [0.15, 0.2) is 0 Å². The van der Waals surface area contributed by atoms with E-state index in [2.05, 4.69) is 229 Å². The molecule has 1 aromatic heterocycles. The van der Waals surface area contributed by atoms with E-state index in [1.165, 1.54) is 61.4 Å². The van der Waals surface area contributed by atoms with Gasteiger partial charge in [-0.15, -0.1) is 0 Å². The molecule has 4 nitrogen and oxygen atoms in total. The second-order valence-corrected chi connectivity index (χ2v) is 17.3. The number of para-hydroxylation sites is 4. The zero-order chi connectivity index (χ0) is 43.1. The maximum atomic E-state index is 6.49. The molecule has 0 bridgehead atoms. The highest BCUT2D eigenvalue weighted by Gasteiger charge is 2.44. The summed E-state index contributed by atoms with van der Waals surface area (Å²) in [7, 11) is 0. The van der Waals surface area contributed by atoms with Gasteiger partial charge in [0, 0.05) is 73.4 Å². The predicted octanol–water partition coefficient (Wildman–Crippen LogP) is 14.5. The third-order valence-corrected chi connectivity index (χ3v) is 13.6. The molecule has 0 saturated heterocycles. The summed E-state index contributed by atoms with van der Waals surface area (Å²) in [6, 6.07) is 75.5. The number of benzene rings is 9. The maximum absolute atomic E-state index is 6.49. The number of furan rings is 1. The quantitative estimate of drug-likeness (QED) is 0.161. The van der Waals surface area contributed by atoms with Crippen LogP contribution in [0.25, 0.3) is 33.1 Å². The van der Waals surface area contributed by atoms with Gasteiger partial charge in [-0.1, -0.05) is 143 Å². The van der Waals surface area contributed by atoms with Gasteiger partial charge in [0.2, 0.25) is 0 Å². The van der Waals surface area contributed by atoms with Crippen LogP contribution in [0.4, 0.5) is 51.2 Å². The number of anilines is 9. The van der Waals surface area contributed by atoms with Gasteiger partial charge < -0.3 is 19.1 Å². The van der Waals surface area contributed by atoms with Crippen LogP contribution in [0.3, 0.4) is 0 Å². The Kier molecular flexibility index (Phi) is 8.71. The maximum Gasteiger partial charge on any atom is 0.252 e. The van der Waals surface area contributed by atoms with Crippen LogP contribution in [0, 0.1) is 0 Å². The van der Waals surface area contributed by atoms with E-state index in [1.54, 1.807) is 0 Å². The highest BCUT2D eigenvalue weighted by Crippen LogP contribution is 2.52. The van der Waals surface area contributed by atoms with Crippen LogP contribution in [0.1, 0.15) is 38.8 Å². The van der Waals surface area contributed by atoms with Crippen LogP contribution >= 0.6 is 0 Å². The van der Waals surface area contributed by atoms with Gasteiger partial charge in [-0.05, 0) is 124 Å². The van der Waals surface area contributed by atoms with E-state index in [-0.39, 0.29) is 12.1 Å². The Labute approximate surface area is 375 Å². The number of nitrogens with zero attached hydrogens (tertiary/aromatic N) is 3. The van der Waals surface area contributed by atoms with E-state index in [4.69, 9.17) is 4.42 Å². The molecule has 1 aliphatic carbocycles. The van der Waals surface area contributed by atoms with Gasteiger partial charge >= 0.3 is 0 Å². The van der Waals surface area contributed by atoms with Crippen molar-refractivity contribution in [2.45, 2.75) is 33.1 Å². The molecule has 9 aromatic carbocycles. The molecule has 10 aromatic rings. The lowest BCUT2D eigenvalue weighted by molar-refractivity contribution is 0.660. The molecule has 3 aliphatic rings. The van der Waals surface area contributed by atoms with Crippen LogP contribution in [0.5, 0.6) is 0 Å². The Morgan fingerprint density at radius 2 is 1.00 bits per heavy atom. The molecule has 0 saturated carbocycles. The van der Waals surface area contributed by atoms with E-state index in [1.807, 2.05) is 19.9 Å². The Morgan fingerprint density at radius 3 is 1.78 bits per heavy atom. The molecule has 306 valence electrons. The van der Waals surface area contributed by atoms with Crippen molar-refractivity contribution in [1.29, 1.82) is 0 Å². The SMILES string of the molecule is CC.CC1(C)c2ccccc2-c2ccc(N3c4cc(N(c5ccccc5)c5ccccc5)ccc4B4c5ccccc5N(c5ccc6c(c5)oc5ccccc56)c5cccc3c54)cc21. The molecule has 0 unspecified atom stereocenters. The van der Waals surface area contributed by atoms with Gasteiger partial charge in [-0.2, -0.15) is 0 Å². The lowest BCUT2D eigenvalue weighted by Crippen LogP contribution is -2.61. The van der Waals surface area contributed by atoms with Crippen molar-refractivity contribution in [2.75, 3.05) is 14.7 Å². The first-order chi connectivity index (χ1) is 31.5. The molecule has 0 amide bonds. The summed E-state index contributed by atoms with van der Waals surface area (Å²) in [6.45, 7) is 8.74. The standard InChI is InChI=1S/C57H40BN3O.C2H6/c1-57(2)46-22-11-9-20-42(46)43-31-28-39(34-47(43)57)61-52-26-15-25-51-56(52)58(49-33-30-40(35-53(49)61)59(37-16-5-3-6-17-37)38-18-7-4-8-19-38)48-23-12-13-24-50(48)60(51)41-29-32-45-44-21-10-14-27-54(44)62-55(45)36-41;1-2/h3-36H,1-2H3;1-2H3. The number of hydrogen-bond donors (Lipinski definition) is 0. The average molecular weight is 824 g/mol. The fourth-order valence-electron chi connectivity index (χ4n) is 10.9. The minimum Gasteiger partial charge on any atom is -0.456 e. The molecule has 5 heteroatoms. The van der Waals surface area contributed by atoms with E-state index in [9.17, 15) is 0 Å². The molecular weight excluding hydrogens is 777 g/mol. The number of rotatable bonds is 5. The molecule has 0 radical (unpaired) electrons. The highest BCUT2D eigenvalue weighted by molar-refractivity contribution is 7.00. The van der Waals surface area contributed by atoms with Crippen LogP contribution in [0.2, 0.25) is 0 Å². The Hall–Kier alpha value is -7.76. The lowest BCUT2D eigenvalue weighted by atomic mass is 9.33. The lowest BCUT2D eigenvalue weighted by Gasteiger charge is -2.44. The van der Waals surface area contributed by atoms with E-state index < -0.39 is 0 Å². The summed E-state index contributed by atoms with van der Waals surface area (Å²) < 4.78 is 6.49. The Balaban J connectivity index is 0.00000214. The molecule has 0 spiro atoms. The summed E-state index contributed by atoms with van der Waals surface area (Å²) in [6.07, 6.45) is 0. The fraction of sp³-hybridized carbons (Fsp3) is 0.0847. The Bertz CT molecular complexity index is 3390. The molecule has 3 heterocycles. The van der Waals surface area contributed by atoms with E-state index in [0.29, 0.717) is 0 Å². The van der Waals surface area contributed by atoms with Crippen molar-refractivity contribution in [1.82, 2.24) is 0 Å². The van der Waals surface area contributed by atoms with E-state index in [0.717, 1.165) is 50.4 Å². The van der Waals surface area contributed by atoms with Gasteiger partial charge in [0.05, 0.1) is 0 Å². The van der Waals surface area contributed by atoms with Crippen molar-refractivity contribution in [3.63, 3.8) is 0 Å². The second kappa shape index (κ2) is 14.7. The number of hydrogen-bond acceptors (Lipinski definition) is 4. The molecule has 13 rings (SSSR count). The summed E-state index contributed by atoms with van der Waals surface area (Å²) in [5, 5.41) is 2.26. The summed E-state index contributed by atoms with van der Waals surface area (Å²) in [5.74, 6) is 0. The van der Waals surface area contributed by atoms with Gasteiger partial charge in [-0.3, -0.25) is 0 Å². The molecule has 0 atom stereocenters. The largest absolute Gasteiger partial charge is 0.456 e. The third kappa shape index (κ3) is 5.56. The van der Waals surface area contributed by atoms with Crippen molar-refractivity contribution < 1.29 is 4.42 Å². The monoisotopic (exact) mass is 823 g/mol. The topological polar surface area (TPSA) is 22.9 Å². The molecule has 0 N–H and O–H groups in total. The summed E-state index contributed by atoms with van der Waals surface area (Å²) in [4.78, 5) is 7.36. The normalized spacial score (nSPS) is 13.7. The molecule has 64 heavy (non-hydrogen) atoms. The van der Waals surface area contributed by atoms with Crippen molar-refractivity contribution in [3.8, 4) is 11.1 Å². The second-order valence-electron chi connectivity index (χ2n) is 17.3. The smallest absolute Gasteiger partial charge is 0.252 e. The summed E-state index contributed by atoms with van der Waals surface area (Å²) >= 11 is 0. The number of fused-ring (bicyclic) bond motifs is 10. The highest BCUT2D eigenvalue weighted by atomic mass is 16.3. The zero-order valence-electron chi connectivity index (χ0n) is 36.5. The first-order valence-electron chi connectivity index (χ1n) is 22.5. The molecule has 2 aliphatic heterocycles. The van der Waals surface area contributed by atoms with Crippen molar-refractivity contribution in [2.24, 2.45) is 0 Å². The molecule has 0 fully saturated rings. The fourth-order valence-corrected chi connectivity index (χ4v) is 10.9. The summed E-state index contributed by atoms with van der Waals surface area (Å²) in [5.41, 5.74) is 21.1. The predicted molar refractivity (Wildman–Crippen MR) is 271 cm³/mol. The van der Waals surface area contributed by atoms with Crippen LogP contribution in [0.15, 0.2) is 211 Å². The van der Waals surface area contributed by atoms with Crippen LogP contribution in [-0.4, -0.2) is 6.71 Å². The third-order valence-electron chi connectivity index (χ3n) is 13.6. The van der Waals surface area contributed by atoms with E-state index >= 15 is 0 Å². The Morgan fingerprint density at radius 1 is 0.422 bits per heavy atom. The minimum atomic E-state index is -0.149. The van der Waals surface area contributed by atoms with Gasteiger partial charge in [-0.25, -0.2) is 0 Å². The zero-order valence-corrected chi connectivity index (χ0v) is 36.5. The minimum absolute atomic E-state index is 0.000838. The van der Waals surface area contributed by atoms with Crippen molar-refractivity contribution >= 4 is 96.2 Å². The first-order valence-corrected chi connectivity index (χ1v) is 22.5.